The van der Waals surface area contributed by atoms with Crippen LogP contribution in [0.1, 0.15) is 43.4 Å². The third-order valence-corrected chi connectivity index (χ3v) is 5.50. The topological polar surface area (TPSA) is 68.1 Å². The fourth-order valence-corrected chi connectivity index (χ4v) is 3.60. The van der Waals surface area contributed by atoms with Crippen LogP contribution in [0, 0.1) is 0 Å². The highest BCUT2D eigenvalue weighted by molar-refractivity contribution is 7.09. The van der Waals surface area contributed by atoms with Gasteiger partial charge < -0.3 is 4.90 Å². The Morgan fingerprint density at radius 3 is 2.69 bits per heavy atom. The van der Waals surface area contributed by atoms with Gasteiger partial charge in [-0.25, -0.2) is 9.97 Å². The van der Waals surface area contributed by atoms with Crippen LogP contribution >= 0.6 is 11.3 Å². The molecule has 3 aromatic rings. The van der Waals surface area contributed by atoms with Crippen LogP contribution in [0.2, 0.25) is 0 Å². The van der Waals surface area contributed by atoms with E-state index >= 15 is 0 Å². The predicted octanol–water partition coefficient (Wildman–Crippen LogP) is 3.20. The Kier molecular flexibility index (Phi) is 5.18. The van der Waals surface area contributed by atoms with Crippen LogP contribution in [-0.4, -0.2) is 32.4 Å². The summed E-state index contributed by atoms with van der Waals surface area (Å²) < 4.78 is 1.39. The van der Waals surface area contributed by atoms with Gasteiger partial charge in [-0.2, -0.15) is 0 Å². The van der Waals surface area contributed by atoms with E-state index in [0.717, 1.165) is 10.7 Å². The van der Waals surface area contributed by atoms with Gasteiger partial charge in [0, 0.05) is 18.3 Å². The maximum absolute atomic E-state index is 12.8. The van der Waals surface area contributed by atoms with E-state index in [-0.39, 0.29) is 11.5 Å². The fraction of sp³-hybridized carbons (Fsp3) is 0.368. The monoisotopic (exact) mass is 370 g/mol. The SMILES string of the molecule is CC(C)c1nc(CN(C)C(=O)C(C)n2cnc3ccccc3c2=O)cs1. The summed E-state index contributed by atoms with van der Waals surface area (Å²) in [5.74, 6) is 0.221. The van der Waals surface area contributed by atoms with Gasteiger partial charge in [-0.05, 0) is 19.1 Å². The molecule has 2 heterocycles. The Morgan fingerprint density at radius 2 is 2.00 bits per heavy atom. The normalized spacial score (nSPS) is 12.5. The van der Waals surface area contributed by atoms with Crippen molar-refractivity contribution in [2.45, 2.75) is 39.3 Å². The first-order valence-corrected chi connectivity index (χ1v) is 9.41. The minimum Gasteiger partial charge on any atom is -0.338 e. The summed E-state index contributed by atoms with van der Waals surface area (Å²) >= 11 is 1.61. The number of aromatic nitrogens is 3. The van der Waals surface area contributed by atoms with Gasteiger partial charge in [-0.15, -0.1) is 11.3 Å². The molecule has 0 bridgehead atoms. The zero-order valence-electron chi connectivity index (χ0n) is 15.3. The van der Waals surface area contributed by atoms with Gasteiger partial charge in [0.1, 0.15) is 6.04 Å². The summed E-state index contributed by atoms with van der Waals surface area (Å²) in [6.07, 6.45) is 1.45. The largest absolute Gasteiger partial charge is 0.338 e. The fourth-order valence-electron chi connectivity index (χ4n) is 2.78. The number of rotatable bonds is 5. The highest BCUT2D eigenvalue weighted by Crippen LogP contribution is 2.20. The van der Waals surface area contributed by atoms with Crippen molar-refractivity contribution in [3.63, 3.8) is 0 Å². The number of hydrogen-bond donors (Lipinski definition) is 0. The van der Waals surface area contributed by atoms with Crippen LogP contribution in [0.5, 0.6) is 0 Å². The van der Waals surface area contributed by atoms with Crippen molar-refractivity contribution in [2.75, 3.05) is 7.05 Å². The summed E-state index contributed by atoms with van der Waals surface area (Å²) in [6, 6.07) is 6.51. The Labute approximate surface area is 156 Å². The summed E-state index contributed by atoms with van der Waals surface area (Å²) in [5, 5.41) is 3.55. The highest BCUT2D eigenvalue weighted by Gasteiger charge is 2.22. The molecule has 0 N–H and O–H groups in total. The Balaban J connectivity index is 1.80. The number of amides is 1. The number of thiazole rings is 1. The number of carbonyl (C=O) groups excluding carboxylic acids is 1. The molecule has 0 saturated heterocycles. The summed E-state index contributed by atoms with van der Waals surface area (Å²) in [5.41, 5.74) is 1.29. The zero-order valence-corrected chi connectivity index (χ0v) is 16.2. The molecule has 26 heavy (non-hydrogen) atoms. The quantitative estimate of drug-likeness (QED) is 0.692. The molecule has 0 spiro atoms. The minimum atomic E-state index is -0.632. The van der Waals surface area contributed by atoms with Gasteiger partial charge in [0.15, 0.2) is 0 Å². The molecule has 1 amide bonds. The van der Waals surface area contributed by atoms with E-state index in [1.165, 1.54) is 10.9 Å². The number of para-hydroxylation sites is 1. The first-order chi connectivity index (χ1) is 12.4. The van der Waals surface area contributed by atoms with Gasteiger partial charge in [-0.3, -0.25) is 14.2 Å². The van der Waals surface area contributed by atoms with E-state index in [1.807, 2.05) is 11.4 Å². The average Bonchev–Trinajstić information content (AvgIpc) is 3.10. The smallest absolute Gasteiger partial charge is 0.261 e. The van der Waals surface area contributed by atoms with Crippen LogP contribution in [0.25, 0.3) is 10.9 Å². The van der Waals surface area contributed by atoms with Crippen LogP contribution < -0.4 is 5.56 Å². The van der Waals surface area contributed by atoms with Crippen molar-refractivity contribution in [1.82, 2.24) is 19.4 Å². The molecule has 1 aromatic carbocycles. The lowest BCUT2D eigenvalue weighted by molar-refractivity contribution is -0.133. The molecule has 0 fully saturated rings. The molecule has 6 nitrogen and oxygen atoms in total. The zero-order chi connectivity index (χ0) is 18.8. The third kappa shape index (κ3) is 3.53. The van der Waals surface area contributed by atoms with Crippen molar-refractivity contribution < 1.29 is 4.79 Å². The molecular weight excluding hydrogens is 348 g/mol. The van der Waals surface area contributed by atoms with Crippen molar-refractivity contribution in [3.05, 3.63) is 57.0 Å². The van der Waals surface area contributed by atoms with Crippen LogP contribution in [0.15, 0.2) is 40.8 Å². The number of nitrogens with zero attached hydrogens (tertiary/aromatic N) is 4. The molecule has 1 atom stereocenters. The van der Waals surface area contributed by atoms with Crippen LogP contribution in [0.4, 0.5) is 0 Å². The lowest BCUT2D eigenvalue weighted by Gasteiger charge is -2.22. The van der Waals surface area contributed by atoms with E-state index < -0.39 is 6.04 Å². The lowest BCUT2D eigenvalue weighted by atomic mass is 10.2. The molecule has 136 valence electrons. The summed E-state index contributed by atoms with van der Waals surface area (Å²) in [6.45, 7) is 6.33. The average molecular weight is 370 g/mol. The van der Waals surface area contributed by atoms with E-state index in [9.17, 15) is 9.59 Å². The Morgan fingerprint density at radius 1 is 1.27 bits per heavy atom. The third-order valence-electron chi connectivity index (χ3n) is 4.30. The van der Waals surface area contributed by atoms with Crippen molar-refractivity contribution >= 4 is 28.1 Å². The second-order valence-corrected chi connectivity index (χ2v) is 7.57. The van der Waals surface area contributed by atoms with E-state index in [4.69, 9.17) is 0 Å². The number of benzene rings is 1. The lowest BCUT2D eigenvalue weighted by Crippen LogP contribution is -2.37. The van der Waals surface area contributed by atoms with E-state index in [2.05, 4.69) is 23.8 Å². The van der Waals surface area contributed by atoms with Gasteiger partial charge in [0.2, 0.25) is 5.91 Å². The molecule has 2 aromatic heterocycles. The molecule has 3 rings (SSSR count). The first kappa shape index (κ1) is 18.3. The van der Waals surface area contributed by atoms with E-state index in [1.54, 1.807) is 48.4 Å². The highest BCUT2D eigenvalue weighted by atomic mass is 32.1. The van der Waals surface area contributed by atoms with Gasteiger partial charge in [-0.1, -0.05) is 26.0 Å². The number of likely N-dealkylation sites (N-methyl/N-ethyl adjacent to an activating group) is 1. The molecule has 7 heteroatoms. The summed E-state index contributed by atoms with van der Waals surface area (Å²) in [4.78, 5) is 35.9. The van der Waals surface area contributed by atoms with Gasteiger partial charge >= 0.3 is 0 Å². The molecule has 1 unspecified atom stereocenters. The van der Waals surface area contributed by atoms with Crippen molar-refractivity contribution in [3.8, 4) is 0 Å². The van der Waals surface area contributed by atoms with Crippen LogP contribution in [-0.2, 0) is 11.3 Å². The first-order valence-electron chi connectivity index (χ1n) is 8.53. The molecule has 0 aliphatic heterocycles. The van der Waals surface area contributed by atoms with E-state index in [0.29, 0.717) is 23.4 Å². The number of hydrogen-bond acceptors (Lipinski definition) is 5. The second-order valence-electron chi connectivity index (χ2n) is 6.68. The molecule has 0 aliphatic carbocycles. The predicted molar refractivity (Wildman–Crippen MR) is 103 cm³/mol. The van der Waals surface area contributed by atoms with Gasteiger partial charge in [0.25, 0.3) is 5.56 Å². The molecule has 0 aliphatic rings. The molecular formula is C19H22N4O2S. The Hall–Kier alpha value is -2.54. The summed E-state index contributed by atoms with van der Waals surface area (Å²) in [7, 11) is 1.73. The number of fused-ring (bicyclic) bond motifs is 1. The Bertz CT molecular complexity index is 992. The second kappa shape index (κ2) is 7.37. The van der Waals surface area contributed by atoms with Crippen LogP contribution in [0.3, 0.4) is 0 Å². The maximum Gasteiger partial charge on any atom is 0.261 e. The maximum atomic E-state index is 12.8. The number of carbonyl (C=O) groups is 1. The standard InChI is InChI=1S/C19H22N4O2S/c1-12(2)17-21-14(10-26-17)9-22(4)18(24)13(3)23-11-20-16-8-6-5-7-15(16)19(23)25/h5-8,10-13H,9H2,1-4H3. The molecule has 0 saturated carbocycles. The van der Waals surface area contributed by atoms with Crippen molar-refractivity contribution in [2.24, 2.45) is 0 Å². The van der Waals surface area contributed by atoms with Crippen molar-refractivity contribution in [1.29, 1.82) is 0 Å². The molecule has 0 radical (unpaired) electrons. The minimum absolute atomic E-state index is 0.150. The van der Waals surface area contributed by atoms with Gasteiger partial charge in [0.05, 0.1) is 34.5 Å².